The molecule has 0 aliphatic rings. The second kappa shape index (κ2) is 6.93. The van der Waals surface area contributed by atoms with Crippen molar-refractivity contribution in [2.45, 2.75) is 38.6 Å². The lowest BCUT2D eigenvalue weighted by Crippen LogP contribution is -2.40. The van der Waals surface area contributed by atoms with Gasteiger partial charge >= 0.3 is 11.7 Å². The van der Waals surface area contributed by atoms with Gasteiger partial charge < -0.3 is 14.8 Å². The van der Waals surface area contributed by atoms with Gasteiger partial charge in [-0.2, -0.15) is 0 Å². The molecule has 0 aliphatic carbocycles. The molecule has 1 unspecified atom stereocenters. The fourth-order valence-electron chi connectivity index (χ4n) is 2.20. The van der Waals surface area contributed by atoms with E-state index >= 15 is 0 Å². The van der Waals surface area contributed by atoms with Crippen LogP contribution in [0, 0.1) is 0 Å². The predicted molar refractivity (Wildman–Crippen MR) is 79.6 cm³/mol. The van der Waals surface area contributed by atoms with Crippen LogP contribution in [0.25, 0.3) is 11.1 Å². The molecular weight excluding hydrogens is 288 g/mol. The molecular formula is C15H18N2O5. The first-order chi connectivity index (χ1) is 10.5. The third kappa shape index (κ3) is 3.97. The minimum atomic E-state index is -1.02. The van der Waals surface area contributed by atoms with E-state index in [4.69, 9.17) is 9.52 Å². The normalized spacial score (nSPS) is 12.2. The van der Waals surface area contributed by atoms with E-state index in [0.29, 0.717) is 30.4 Å². The summed E-state index contributed by atoms with van der Waals surface area (Å²) in [5.74, 6) is -1.79. The standard InChI is InChI=1S/C15H18N2O5/c1-2-10(14(19)20)16-13(18)5-3-4-9-6-7-11-12(8-9)22-15(21)17-11/h6-8,10H,2-5H2,1H3,(H,16,18)(H,17,21)(H,19,20). The Bertz CT molecular complexity index is 731. The number of fused-ring (bicyclic) bond motifs is 1. The largest absolute Gasteiger partial charge is 0.480 e. The molecule has 1 heterocycles. The van der Waals surface area contributed by atoms with E-state index in [9.17, 15) is 14.4 Å². The summed E-state index contributed by atoms with van der Waals surface area (Å²) >= 11 is 0. The van der Waals surface area contributed by atoms with Gasteiger partial charge in [0.25, 0.3) is 0 Å². The molecule has 1 atom stereocenters. The van der Waals surface area contributed by atoms with E-state index in [1.54, 1.807) is 19.1 Å². The Morgan fingerprint density at radius 2 is 2.18 bits per heavy atom. The number of aliphatic carboxylic acids is 1. The van der Waals surface area contributed by atoms with E-state index in [2.05, 4.69) is 10.3 Å². The van der Waals surface area contributed by atoms with Gasteiger partial charge in [-0.15, -0.1) is 0 Å². The Labute approximate surface area is 126 Å². The van der Waals surface area contributed by atoms with Gasteiger partial charge in [-0.1, -0.05) is 13.0 Å². The number of carboxylic acid groups (broad SMARTS) is 1. The number of aryl methyl sites for hydroxylation is 1. The summed E-state index contributed by atoms with van der Waals surface area (Å²) in [6.07, 6.45) is 1.83. The van der Waals surface area contributed by atoms with Gasteiger partial charge in [-0.05, 0) is 37.0 Å². The summed E-state index contributed by atoms with van der Waals surface area (Å²) in [6, 6.07) is 4.54. The van der Waals surface area contributed by atoms with Gasteiger partial charge in [0.1, 0.15) is 6.04 Å². The van der Waals surface area contributed by atoms with Crippen LogP contribution in [0.2, 0.25) is 0 Å². The smallest absolute Gasteiger partial charge is 0.417 e. The quantitative estimate of drug-likeness (QED) is 0.716. The van der Waals surface area contributed by atoms with Gasteiger partial charge in [-0.3, -0.25) is 9.78 Å². The maximum Gasteiger partial charge on any atom is 0.417 e. The van der Waals surface area contributed by atoms with Crippen LogP contribution in [-0.4, -0.2) is 28.0 Å². The molecule has 2 rings (SSSR count). The number of carbonyl (C=O) groups excluding carboxylic acids is 1. The molecule has 1 aromatic heterocycles. The Hall–Kier alpha value is -2.57. The number of H-pyrrole nitrogens is 1. The zero-order valence-electron chi connectivity index (χ0n) is 12.2. The van der Waals surface area contributed by atoms with E-state index < -0.39 is 17.8 Å². The summed E-state index contributed by atoms with van der Waals surface area (Å²) in [6.45, 7) is 1.71. The predicted octanol–water partition coefficient (Wildman–Crippen LogP) is 1.42. The number of rotatable bonds is 7. The molecule has 0 radical (unpaired) electrons. The van der Waals surface area contributed by atoms with Crippen LogP contribution in [-0.2, 0) is 16.0 Å². The van der Waals surface area contributed by atoms with Crippen LogP contribution in [0.3, 0.4) is 0 Å². The molecule has 0 bridgehead atoms. The van der Waals surface area contributed by atoms with Crippen LogP contribution < -0.4 is 11.1 Å². The van der Waals surface area contributed by atoms with E-state index in [0.717, 1.165) is 5.56 Å². The number of amides is 1. The number of carboxylic acids is 1. The molecule has 1 aromatic carbocycles. The number of nitrogens with one attached hydrogen (secondary N) is 2. The molecule has 1 amide bonds. The number of hydrogen-bond donors (Lipinski definition) is 3. The Kier molecular flexibility index (Phi) is 4.98. The van der Waals surface area contributed by atoms with Crippen LogP contribution in [0.4, 0.5) is 0 Å². The Balaban J connectivity index is 1.85. The highest BCUT2D eigenvalue weighted by Crippen LogP contribution is 2.14. The minimum absolute atomic E-state index is 0.249. The summed E-state index contributed by atoms with van der Waals surface area (Å²) in [5, 5.41) is 11.4. The van der Waals surface area contributed by atoms with Crippen LogP contribution in [0.15, 0.2) is 27.4 Å². The summed E-state index contributed by atoms with van der Waals surface area (Å²) in [7, 11) is 0. The first-order valence-corrected chi connectivity index (χ1v) is 7.13. The second-order valence-corrected chi connectivity index (χ2v) is 5.07. The first kappa shape index (κ1) is 15.8. The number of carbonyl (C=O) groups is 2. The maximum absolute atomic E-state index is 11.7. The van der Waals surface area contributed by atoms with Crippen molar-refractivity contribution < 1.29 is 19.1 Å². The molecule has 118 valence electrons. The van der Waals surface area contributed by atoms with Gasteiger partial charge in [-0.25, -0.2) is 9.59 Å². The van der Waals surface area contributed by atoms with E-state index in [1.807, 2.05) is 6.07 Å². The number of hydrogen-bond acceptors (Lipinski definition) is 4. The molecule has 0 saturated carbocycles. The average molecular weight is 306 g/mol. The average Bonchev–Trinajstić information content (AvgIpc) is 2.83. The fourth-order valence-corrected chi connectivity index (χ4v) is 2.20. The van der Waals surface area contributed by atoms with Crippen molar-refractivity contribution >= 4 is 23.0 Å². The molecule has 22 heavy (non-hydrogen) atoms. The van der Waals surface area contributed by atoms with Crippen molar-refractivity contribution in [3.05, 3.63) is 34.3 Å². The lowest BCUT2D eigenvalue weighted by atomic mass is 10.1. The first-order valence-electron chi connectivity index (χ1n) is 7.13. The van der Waals surface area contributed by atoms with Crippen LogP contribution in [0.1, 0.15) is 31.7 Å². The number of benzene rings is 1. The minimum Gasteiger partial charge on any atom is -0.480 e. The number of oxazole rings is 1. The van der Waals surface area contributed by atoms with Crippen molar-refractivity contribution in [3.63, 3.8) is 0 Å². The monoisotopic (exact) mass is 306 g/mol. The van der Waals surface area contributed by atoms with Crippen molar-refractivity contribution in [2.24, 2.45) is 0 Å². The van der Waals surface area contributed by atoms with Crippen molar-refractivity contribution in [1.29, 1.82) is 0 Å². The van der Waals surface area contributed by atoms with Crippen LogP contribution in [0.5, 0.6) is 0 Å². The molecule has 0 fully saturated rings. The van der Waals surface area contributed by atoms with E-state index in [1.165, 1.54) is 0 Å². The lowest BCUT2D eigenvalue weighted by Gasteiger charge is -2.11. The summed E-state index contributed by atoms with van der Waals surface area (Å²) in [5.41, 5.74) is 2.08. The molecule has 2 aromatic rings. The SMILES string of the molecule is CCC(NC(=O)CCCc1ccc2[nH]c(=O)oc2c1)C(=O)O. The van der Waals surface area contributed by atoms with Crippen molar-refractivity contribution in [3.8, 4) is 0 Å². The zero-order chi connectivity index (χ0) is 16.1. The topological polar surface area (TPSA) is 112 Å². The molecule has 0 spiro atoms. The Morgan fingerprint density at radius 3 is 2.86 bits per heavy atom. The fraction of sp³-hybridized carbons (Fsp3) is 0.400. The maximum atomic E-state index is 11.7. The van der Waals surface area contributed by atoms with E-state index in [-0.39, 0.29) is 12.3 Å². The second-order valence-electron chi connectivity index (χ2n) is 5.07. The third-order valence-electron chi connectivity index (χ3n) is 3.40. The number of aromatic nitrogens is 1. The number of aromatic amines is 1. The molecule has 3 N–H and O–H groups in total. The molecule has 7 nitrogen and oxygen atoms in total. The highest BCUT2D eigenvalue weighted by Gasteiger charge is 2.16. The summed E-state index contributed by atoms with van der Waals surface area (Å²) in [4.78, 5) is 36.1. The molecule has 0 saturated heterocycles. The van der Waals surface area contributed by atoms with Crippen molar-refractivity contribution in [1.82, 2.24) is 10.3 Å². The van der Waals surface area contributed by atoms with Gasteiger partial charge in [0, 0.05) is 6.42 Å². The highest BCUT2D eigenvalue weighted by molar-refractivity contribution is 5.83. The van der Waals surface area contributed by atoms with Crippen molar-refractivity contribution in [2.75, 3.05) is 0 Å². The lowest BCUT2D eigenvalue weighted by molar-refractivity contribution is -0.141. The summed E-state index contributed by atoms with van der Waals surface area (Å²) < 4.78 is 4.97. The van der Waals surface area contributed by atoms with Gasteiger partial charge in [0.2, 0.25) is 5.91 Å². The van der Waals surface area contributed by atoms with Crippen LogP contribution >= 0.6 is 0 Å². The molecule has 7 heteroatoms. The third-order valence-corrected chi connectivity index (χ3v) is 3.40. The zero-order valence-corrected chi connectivity index (χ0v) is 12.2. The van der Waals surface area contributed by atoms with Gasteiger partial charge in [0.15, 0.2) is 5.58 Å². The molecule has 0 aliphatic heterocycles. The highest BCUT2D eigenvalue weighted by atomic mass is 16.4. The Morgan fingerprint density at radius 1 is 1.41 bits per heavy atom. The van der Waals surface area contributed by atoms with Gasteiger partial charge in [0.05, 0.1) is 5.52 Å².